The number of hydrogen-bond acceptors (Lipinski definition) is 1. The second-order valence-corrected chi connectivity index (χ2v) is 8.20. The molecule has 0 bridgehead atoms. The van der Waals surface area contributed by atoms with Crippen molar-refractivity contribution in [2.45, 2.75) is 72.3 Å². The van der Waals surface area contributed by atoms with Crippen LogP contribution in [0.2, 0.25) is 0 Å². The number of amides is 1. The molecule has 0 unspecified atom stereocenters. The standard InChI is InChI=1S/C22H33NO/c1-5-6-7-8-17-9-11-18(12-10-17)21(24)23-20-15-13-19(14-16-20)22(2,3)4/h7-12,19-20H,5-6,13-16H2,1-4H3,(H,23,24). The van der Waals surface area contributed by atoms with E-state index in [4.69, 9.17) is 0 Å². The van der Waals surface area contributed by atoms with Gasteiger partial charge in [-0.1, -0.05) is 58.4 Å². The van der Waals surface area contributed by atoms with Crippen LogP contribution < -0.4 is 5.32 Å². The summed E-state index contributed by atoms with van der Waals surface area (Å²) in [5, 5.41) is 3.22. The predicted octanol–water partition coefficient (Wildman–Crippen LogP) is 5.83. The van der Waals surface area contributed by atoms with Crippen LogP contribution in [0.4, 0.5) is 0 Å². The fourth-order valence-electron chi connectivity index (χ4n) is 3.50. The summed E-state index contributed by atoms with van der Waals surface area (Å²) >= 11 is 0. The van der Waals surface area contributed by atoms with Gasteiger partial charge in [-0.15, -0.1) is 0 Å². The highest BCUT2D eigenvalue weighted by Gasteiger charge is 2.30. The third-order valence-corrected chi connectivity index (χ3v) is 5.23. The van der Waals surface area contributed by atoms with E-state index in [-0.39, 0.29) is 5.91 Å². The molecule has 1 N–H and O–H groups in total. The highest BCUT2D eigenvalue weighted by atomic mass is 16.1. The molecule has 2 heteroatoms. The molecule has 132 valence electrons. The third kappa shape index (κ3) is 5.51. The summed E-state index contributed by atoms with van der Waals surface area (Å²) in [6.07, 6.45) is 11.2. The van der Waals surface area contributed by atoms with Crippen LogP contribution >= 0.6 is 0 Å². The van der Waals surface area contributed by atoms with Crippen molar-refractivity contribution in [2.75, 3.05) is 0 Å². The Labute approximate surface area is 147 Å². The van der Waals surface area contributed by atoms with E-state index in [0.29, 0.717) is 11.5 Å². The maximum Gasteiger partial charge on any atom is 0.251 e. The average Bonchev–Trinajstić information content (AvgIpc) is 2.55. The van der Waals surface area contributed by atoms with Gasteiger partial charge in [-0.3, -0.25) is 4.79 Å². The summed E-state index contributed by atoms with van der Waals surface area (Å²) in [5.74, 6) is 0.845. The second kappa shape index (κ2) is 8.50. The van der Waals surface area contributed by atoms with Gasteiger partial charge in [-0.05, 0) is 61.1 Å². The van der Waals surface area contributed by atoms with Crippen LogP contribution in [-0.4, -0.2) is 11.9 Å². The monoisotopic (exact) mass is 327 g/mol. The Morgan fingerprint density at radius 2 is 1.75 bits per heavy atom. The van der Waals surface area contributed by atoms with Crippen LogP contribution in [0.15, 0.2) is 30.3 Å². The number of unbranched alkanes of at least 4 members (excludes halogenated alkanes) is 1. The molecule has 1 fully saturated rings. The van der Waals surface area contributed by atoms with E-state index >= 15 is 0 Å². The number of hydrogen-bond donors (Lipinski definition) is 1. The molecule has 24 heavy (non-hydrogen) atoms. The maximum atomic E-state index is 12.4. The largest absolute Gasteiger partial charge is 0.349 e. The van der Waals surface area contributed by atoms with Crippen molar-refractivity contribution in [2.24, 2.45) is 11.3 Å². The number of carbonyl (C=O) groups is 1. The molecule has 0 radical (unpaired) electrons. The molecule has 0 aromatic heterocycles. The SMILES string of the molecule is CCCC=Cc1ccc(C(=O)NC2CCC(C(C)(C)C)CC2)cc1. The molecule has 0 heterocycles. The van der Waals surface area contributed by atoms with Crippen molar-refractivity contribution in [3.8, 4) is 0 Å². The van der Waals surface area contributed by atoms with Gasteiger partial charge < -0.3 is 5.32 Å². The molecular formula is C22H33NO. The molecule has 0 atom stereocenters. The summed E-state index contributed by atoms with van der Waals surface area (Å²) in [7, 11) is 0. The Bertz CT molecular complexity index is 542. The zero-order chi connectivity index (χ0) is 17.6. The van der Waals surface area contributed by atoms with Crippen LogP contribution in [0, 0.1) is 11.3 Å². The molecule has 1 aromatic carbocycles. The lowest BCUT2D eigenvalue weighted by Crippen LogP contribution is -2.39. The zero-order valence-corrected chi connectivity index (χ0v) is 15.8. The van der Waals surface area contributed by atoms with Gasteiger partial charge in [0.25, 0.3) is 5.91 Å². The Morgan fingerprint density at radius 1 is 1.12 bits per heavy atom. The molecule has 0 aliphatic heterocycles. The molecule has 1 aromatic rings. The summed E-state index contributed by atoms with van der Waals surface area (Å²) in [4.78, 5) is 12.4. The molecule has 1 saturated carbocycles. The summed E-state index contributed by atoms with van der Waals surface area (Å²) < 4.78 is 0. The first-order valence-corrected chi connectivity index (χ1v) is 9.47. The maximum absolute atomic E-state index is 12.4. The molecule has 2 rings (SSSR count). The summed E-state index contributed by atoms with van der Waals surface area (Å²) in [6, 6.07) is 8.25. The quantitative estimate of drug-likeness (QED) is 0.723. The minimum Gasteiger partial charge on any atom is -0.349 e. The number of benzene rings is 1. The Morgan fingerprint density at radius 3 is 2.29 bits per heavy atom. The van der Waals surface area contributed by atoms with Crippen LogP contribution in [0.1, 0.15) is 82.1 Å². The van der Waals surface area contributed by atoms with Gasteiger partial charge in [0.2, 0.25) is 0 Å². The smallest absolute Gasteiger partial charge is 0.251 e. The molecule has 0 saturated heterocycles. The van der Waals surface area contributed by atoms with E-state index in [1.165, 1.54) is 12.8 Å². The lowest BCUT2D eigenvalue weighted by atomic mass is 9.71. The van der Waals surface area contributed by atoms with Gasteiger partial charge in [0.15, 0.2) is 0 Å². The Kier molecular flexibility index (Phi) is 6.65. The van der Waals surface area contributed by atoms with E-state index in [0.717, 1.165) is 42.7 Å². The van der Waals surface area contributed by atoms with Crippen molar-refractivity contribution in [1.82, 2.24) is 5.32 Å². The summed E-state index contributed by atoms with van der Waals surface area (Å²) in [6.45, 7) is 9.15. The number of nitrogens with one attached hydrogen (secondary N) is 1. The van der Waals surface area contributed by atoms with Crippen LogP contribution in [0.3, 0.4) is 0 Å². The Hall–Kier alpha value is -1.57. The first kappa shape index (κ1) is 18.8. The van der Waals surface area contributed by atoms with E-state index in [2.05, 4.69) is 45.2 Å². The lowest BCUT2D eigenvalue weighted by Gasteiger charge is -2.37. The van der Waals surface area contributed by atoms with E-state index in [1.807, 2.05) is 24.3 Å². The van der Waals surface area contributed by atoms with Gasteiger partial charge in [0.1, 0.15) is 0 Å². The van der Waals surface area contributed by atoms with Crippen molar-refractivity contribution >= 4 is 12.0 Å². The number of rotatable bonds is 5. The predicted molar refractivity (Wildman–Crippen MR) is 103 cm³/mol. The molecular weight excluding hydrogens is 294 g/mol. The molecule has 1 aliphatic rings. The summed E-state index contributed by atoms with van der Waals surface area (Å²) in [5.41, 5.74) is 2.31. The van der Waals surface area contributed by atoms with E-state index in [1.54, 1.807) is 0 Å². The molecule has 2 nitrogen and oxygen atoms in total. The van der Waals surface area contributed by atoms with Crippen molar-refractivity contribution in [3.63, 3.8) is 0 Å². The first-order valence-electron chi connectivity index (χ1n) is 9.47. The number of allylic oxidation sites excluding steroid dienone is 1. The minimum absolute atomic E-state index is 0.0679. The topological polar surface area (TPSA) is 29.1 Å². The zero-order valence-electron chi connectivity index (χ0n) is 15.8. The van der Waals surface area contributed by atoms with E-state index < -0.39 is 0 Å². The minimum atomic E-state index is 0.0679. The van der Waals surface area contributed by atoms with E-state index in [9.17, 15) is 4.79 Å². The van der Waals surface area contributed by atoms with Gasteiger partial charge >= 0.3 is 0 Å². The highest BCUT2D eigenvalue weighted by molar-refractivity contribution is 5.94. The Balaban J connectivity index is 1.85. The molecule has 1 amide bonds. The normalized spacial score (nSPS) is 21.8. The van der Waals surface area contributed by atoms with Gasteiger partial charge in [-0.2, -0.15) is 0 Å². The number of carbonyl (C=O) groups excluding carboxylic acids is 1. The lowest BCUT2D eigenvalue weighted by molar-refractivity contribution is 0.0904. The van der Waals surface area contributed by atoms with Crippen LogP contribution in [0.5, 0.6) is 0 Å². The van der Waals surface area contributed by atoms with Crippen molar-refractivity contribution in [3.05, 3.63) is 41.5 Å². The molecule has 1 aliphatic carbocycles. The van der Waals surface area contributed by atoms with Gasteiger partial charge in [0, 0.05) is 11.6 Å². The van der Waals surface area contributed by atoms with Crippen LogP contribution in [-0.2, 0) is 0 Å². The van der Waals surface area contributed by atoms with Crippen molar-refractivity contribution < 1.29 is 4.79 Å². The molecule has 0 spiro atoms. The van der Waals surface area contributed by atoms with Gasteiger partial charge in [-0.25, -0.2) is 0 Å². The average molecular weight is 328 g/mol. The van der Waals surface area contributed by atoms with Gasteiger partial charge in [0.05, 0.1) is 0 Å². The second-order valence-electron chi connectivity index (χ2n) is 8.20. The van der Waals surface area contributed by atoms with Crippen LogP contribution in [0.25, 0.3) is 6.08 Å². The first-order chi connectivity index (χ1) is 11.4. The third-order valence-electron chi connectivity index (χ3n) is 5.23. The highest BCUT2D eigenvalue weighted by Crippen LogP contribution is 2.37. The fraction of sp³-hybridized carbons (Fsp3) is 0.591. The fourth-order valence-corrected chi connectivity index (χ4v) is 3.50. The van der Waals surface area contributed by atoms with Crippen molar-refractivity contribution in [1.29, 1.82) is 0 Å².